The van der Waals surface area contributed by atoms with Crippen LogP contribution in [-0.4, -0.2) is 41.1 Å². The van der Waals surface area contributed by atoms with Gasteiger partial charge < -0.3 is 9.84 Å². The van der Waals surface area contributed by atoms with Crippen LogP contribution in [0.3, 0.4) is 0 Å². The van der Waals surface area contributed by atoms with Crippen LogP contribution >= 0.6 is 0 Å². The van der Waals surface area contributed by atoms with Crippen molar-refractivity contribution in [3.05, 3.63) is 17.5 Å². The minimum Gasteiger partial charge on any atom is -0.351 e. The average molecular weight is 275 g/mol. The van der Waals surface area contributed by atoms with Crippen molar-refractivity contribution in [2.75, 3.05) is 13.1 Å². The largest absolute Gasteiger partial charge is 0.351 e. The molecule has 2 atom stereocenters. The summed E-state index contributed by atoms with van der Waals surface area (Å²) in [4.78, 5) is 14.7. The van der Waals surface area contributed by atoms with E-state index in [2.05, 4.69) is 22.3 Å². The molecule has 0 unspecified atom stereocenters. The molecule has 0 radical (unpaired) electrons. The maximum Gasteiger partial charge on any atom is 0.290 e. The lowest BCUT2D eigenvalue weighted by atomic mass is 10.1. The molecular formula is C15H21N3O2. The van der Waals surface area contributed by atoms with E-state index in [0.717, 1.165) is 24.8 Å². The summed E-state index contributed by atoms with van der Waals surface area (Å²) in [5, 5.41) is 7.12. The molecule has 3 aliphatic rings. The van der Waals surface area contributed by atoms with E-state index in [1.807, 2.05) is 6.07 Å². The van der Waals surface area contributed by atoms with E-state index in [0.29, 0.717) is 17.6 Å². The molecule has 0 aromatic carbocycles. The fourth-order valence-electron chi connectivity index (χ4n) is 3.14. The third kappa shape index (κ3) is 2.35. The van der Waals surface area contributed by atoms with E-state index >= 15 is 0 Å². The van der Waals surface area contributed by atoms with E-state index in [1.165, 1.54) is 25.7 Å². The van der Waals surface area contributed by atoms with Gasteiger partial charge in [0, 0.05) is 37.2 Å². The quantitative estimate of drug-likeness (QED) is 0.909. The molecule has 2 aliphatic carbocycles. The summed E-state index contributed by atoms with van der Waals surface area (Å²) in [7, 11) is 0. The molecule has 1 aliphatic heterocycles. The monoisotopic (exact) mass is 275 g/mol. The molecule has 3 fully saturated rings. The fourth-order valence-corrected chi connectivity index (χ4v) is 3.14. The number of carbonyl (C=O) groups excluding carboxylic acids is 1. The molecule has 1 saturated heterocycles. The molecule has 5 heteroatoms. The molecule has 20 heavy (non-hydrogen) atoms. The summed E-state index contributed by atoms with van der Waals surface area (Å²) in [6.07, 6.45) is 4.98. The molecule has 0 spiro atoms. The maximum absolute atomic E-state index is 12.2. The van der Waals surface area contributed by atoms with Gasteiger partial charge in [-0.2, -0.15) is 0 Å². The molecule has 1 aromatic heterocycles. The summed E-state index contributed by atoms with van der Waals surface area (Å²) in [6, 6.07) is 2.81. The van der Waals surface area contributed by atoms with Gasteiger partial charge in [-0.3, -0.25) is 9.69 Å². The van der Waals surface area contributed by atoms with Crippen molar-refractivity contribution >= 4 is 5.91 Å². The number of amides is 1. The number of hydrogen-bond acceptors (Lipinski definition) is 4. The highest BCUT2D eigenvalue weighted by atomic mass is 16.5. The van der Waals surface area contributed by atoms with E-state index in [1.54, 1.807) is 0 Å². The Morgan fingerprint density at radius 1 is 1.35 bits per heavy atom. The van der Waals surface area contributed by atoms with Crippen LogP contribution < -0.4 is 5.32 Å². The highest BCUT2D eigenvalue weighted by Gasteiger charge is 2.39. The summed E-state index contributed by atoms with van der Waals surface area (Å²) >= 11 is 0. The highest BCUT2D eigenvalue weighted by Crippen LogP contribution is 2.39. The van der Waals surface area contributed by atoms with Crippen molar-refractivity contribution in [1.29, 1.82) is 0 Å². The number of rotatable bonds is 4. The van der Waals surface area contributed by atoms with Gasteiger partial charge in [0.1, 0.15) is 0 Å². The fraction of sp³-hybridized carbons (Fsp3) is 0.733. The summed E-state index contributed by atoms with van der Waals surface area (Å²) in [6.45, 7) is 4.28. The van der Waals surface area contributed by atoms with Gasteiger partial charge in [-0.15, -0.1) is 0 Å². The molecule has 5 nitrogen and oxygen atoms in total. The molecule has 4 rings (SSSR count). The lowest BCUT2D eigenvalue weighted by Gasteiger charge is -2.15. The number of nitrogens with zero attached hydrogens (tertiary/aromatic N) is 2. The normalized spacial score (nSPS) is 30.6. The van der Waals surface area contributed by atoms with Gasteiger partial charge in [-0.25, -0.2) is 0 Å². The first-order valence-electron chi connectivity index (χ1n) is 7.72. The Morgan fingerprint density at radius 2 is 2.15 bits per heavy atom. The van der Waals surface area contributed by atoms with Gasteiger partial charge in [0.25, 0.3) is 5.91 Å². The Labute approximate surface area is 118 Å². The molecule has 2 heterocycles. The van der Waals surface area contributed by atoms with Gasteiger partial charge >= 0.3 is 0 Å². The van der Waals surface area contributed by atoms with E-state index in [9.17, 15) is 4.79 Å². The number of aromatic nitrogens is 1. The summed E-state index contributed by atoms with van der Waals surface area (Å²) in [5.74, 6) is 1.28. The average Bonchev–Trinajstić information content (AvgIpc) is 3.36. The number of hydrogen-bond donors (Lipinski definition) is 1. The molecule has 0 bridgehead atoms. The van der Waals surface area contributed by atoms with Crippen LogP contribution in [0.1, 0.15) is 54.8 Å². The SMILES string of the molecule is C[C@H]1CN(C2CC2)C[C@@H]1NC(=O)c1cc(C2CC2)no1. The zero-order valence-electron chi connectivity index (χ0n) is 11.8. The van der Waals surface area contributed by atoms with Crippen molar-refractivity contribution in [1.82, 2.24) is 15.4 Å². The first kappa shape index (κ1) is 12.4. The lowest BCUT2D eigenvalue weighted by molar-refractivity contribution is 0.0893. The summed E-state index contributed by atoms with van der Waals surface area (Å²) < 4.78 is 5.18. The second-order valence-corrected chi connectivity index (χ2v) is 6.63. The smallest absolute Gasteiger partial charge is 0.290 e. The molecule has 1 N–H and O–H groups in total. The van der Waals surface area contributed by atoms with Gasteiger partial charge in [-0.05, 0) is 31.6 Å². The highest BCUT2D eigenvalue weighted by molar-refractivity contribution is 5.91. The number of carbonyl (C=O) groups is 1. The van der Waals surface area contributed by atoms with Crippen LogP contribution in [0.25, 0.3) is 0 Å². The van der Waals surface area contributed by atoms with Crippen LogP contribution in [0.4, 0.5) is 0 Å². The second-order valence-electron chi connectivity index (χ2n) is 6.63. The van der Waals surface area contributed by atoms with Crippen LogP contribution in [0.2, 0.25) is 0 Å². The van der Waals surface area contributed by atoms with Crippen molar-refractivity contribution < 1.29 is 9.32 Å². The van der Waals surface area contributed by atoms with Crippen LogP contribution in [-0.2, 0) is 0 Å². The Morgan fingerprint density at radius 3 is 2.85 bits per heavy atom. The van der Waals surface area contributed by atoms with Gasteiger partial charge in [0.2, 0.25) is 5.76 Å². The standard InChI is InChI=1S/C15H21N3O2/c1-9-7-18(11-4-5-11)8-13(9)16-15(19)14-6-12(17-20-14)10-2-3-10/h6,9-11,13H,2-5,7-8H2,1H3,(H,16,19)/t9-,13-/m0/s1. The molecular weight excluding hydrogens is 254 g/mol. The van der Waals surface area contributed by atoms with Crippen LogP contribution in [0.15, 0.2) is 10.6 Å². The maximum atomic E-state index is 12.2. The van der Waals surface area contributed by atoms with Gasteiger partial charge in [-0.1, -0.05) is 12.1 Å². The van der Waals surface area contributed by atoms with Crippen LogP contribution in [0.5, 0.6) is 0 Å². The number of nitrogens with one attached hydrogen (secondary N) is 1. The Hall–Kier alpha value is -1.36. The van der Waals surface area contributed by atoms with E-state index in [-0.39, 0.29) is 11.9 Å². The second kappa shape index (κ2) is 4.58. The summed E-state index contributed by atoms with van der Waals surface area (Å²) in [5.41, 5.74) is 0.939. The molecule has 1 amide bonds. The van der Waals surface area contributed by atoms with Crippen molar-refractivity contribution in [3.63, 3.8) is 0 Å². The zero-order valence-corrected chi connectivity index (χ0v) is 11.8. The topological polar surface area (TPSA) is 58.4 Å². The van der Waals surface area contributed by atoms with Crippen molar-refractivity contribution in [2.45, 2.75) is 50.6 Å². The first-order valence-corrected chi connectivity index (χ1v) is 7.72. The Bertz CT molecular complexity index is 519. The predicted molar refractivity (Wildman–Crippen MR) is 73.5 cm³/mol. The minimum absolute atomic E-state index is 0.112. The first-order chi connectivity index (χ1) is 9.70. The Balaban J connectivity index is 1.38. The predicted octanol–water partition coefficient (Wildman–Crippen LogP) is 1.76. The third-order valence-corrected chi connectivity index (χ3v) is 4.77. The van der Waals surface area contributed by atoms with Crippen LogP contribution in [0, 0.1) is 5.92 Å². The molecule has 108 valence electrons. The molecule has 2 saturated carbocycles. The minimum atomic E-state index is -0.112. The van der Waals surface area contributed by atoms with Crippen molar-refractivity contribution in [2.24, 2.45) is 5.92 Å². The molecule has 1 aromatic rings. The lowest BCUT2D eigenvalue weighted by Crippen LogP contribution is -2.39. The Kier molecular flexibility index (Phi) is 2.84. The van der Waals surface area contributed by atoms with E-state index < -0.39 is 0 Å². The van der Waals surface area contributed by atoms with E-state index in [4.69, 9.17) is 4.52 Å². The van der Waals surface area contributed by atoms with Gasteiger partial charge in [0.05, 0.1) is 5.69 Å². The number of likely N-dealkylation sites (tertiary alicyclic amines) is 1. The van der Waals surface area contributed by atoms with Gasteiger partial charge in [0.15, 0.2) is 0 Å². The van der Waals surface area contributed by atoms with Crippen molar-refractivity contribution in [3.8, 4) is 0 Å². The zero-order chi connectivity index (χ0) is 13.7. The third-order valence-electron chi connectivity index (χ3n) is 4.77.